The molecular formula is C17H18FNO2. The Labute approximate surface area is 123 Å². The highest BCUT2D eigenvalue weighted by Crippen LogP contribution is 2.20. The summed E-state index contributed by atoms with van der Waals surface area (Å²) >= 11 is 0. The van der Waals surface area contributed by atoms with Gasteiger partial charge in [0, 0.05) is 24.3 Å². The van der Waals surface area contributed by atoms with Gasteiger partial charge in [-0.2, -0.15) is 0 Å². The number of carboxylic acids is 1. The zero-order chi connectivity index (χ0) is 15.2. The molecule has 0 bridgehead atoms. The summed E-state index contributed by atoms with van der Waals surface area (Å²) in [4.78, 5) is 12.7. The second-order valence-corrected chi connectivity index (χ2v) is 5.00. The zero-order valence-electron chi connectivity index (χ0n) is 11.9. The van der Waals surface area contributed by atoms with Crippen LogP contribution in [0.1, 0.15) is 17.5 Å². The van der Waals surface area contributed by atoms with Gasteiger partial charge >= 0.3 is 5.97 Å². The second kappa shape index (κ2) is 6.88. The van der Waals surface area contributed by atoms with Gasteiger partial charge < -0.3 is 10.0 Å². The van der Waals surface area contributed by atoms with Gasteiger partial charge in [0.1, 0.15) is 5.82 Å². The average molecular weight is 287 g/mol. The van der Waals surface area contributed by atoms with E-state index in [0.29, 0.717) is 18.7 Å². The van der Waals surface area contributed by atoms with Gasteiger partial charge in [-0.05, 0) is 30.7 Å². The summed E-state index contributed by atoms with van der Waals surface area (Å²) in [5.41, 5.74) is 2.55. The fourth-order valence-electron chi connectivity index (χ4n) is 2.19. The van der Waals surface area contributed by atoms with E-state index in [2.05, 4.69) is 0 Å². The molecule has 1 N–H and O–H groups in total. The van der Waals surface area contributed by atoms with Crippen molar-refractivity contribution in [3.8, 4) is 0 Å². The third-order valence-corrected chi connectivity index (χ3v) is 3.28. The molecule has 0 spiro atoms. The third kappa shape index (κ3) is 4.31. The van der Waals surface area contributed by atoms with Gasteiger partial charge in [-0.15, -0.1) is 0 Å². The van der Waals surface area contributed by atoms with Crippen LogP contribution in [0.3, 0.4) is 0 Å². The van der Waals surface area contributed by atoms with Crippen molar-refractivity contribution in [3.05, 3.63) is 65.5 Å². The number of carbonyl (C=O) groups is 1. The molecule has 0 aliphatic heterocycles. The summed E-state index contributed by atoms with van der Waals surface area (Å²) in [5, 5.41) is 8.88. The maximum atomic E-state index is 13.8. The Balaban J connectivity index is 2.23. The number of hydrogen-bond donors (Lipinski definition) is 1. The van der Waals surface area contributed by atoms with Crippen molar-refractivity contribution in [1.82, 2.24) is 0 Å². The van der Waals surface area contributed by atoms with Crippen molar-refractivity contribution in [1.29, 1.82) is 0 Å². The molecule has 4 heteroatoms. The van der Waals surface area contributed by atoms with E-state index in [0.717, 1.165) is 11.3 Å². The molecule has 0 unspecified atom stereocenters. The molecule has 2 aromatic rings. The molecular weight excluding hydrogens is 269 g/mol. The van der Waals surface area contributed by atoms with Gasteiger partial charge in [0.2, 0.25) is 0 Å². The van der Waals surface area contributed by atoms with Gasteiger partial charge in [-0.1, -0.05) is 30.3 Å². The highest BCUT2D eigenvalue weighted by atomic mass is 19.1. The molecule has 0 atom stereocenters. The second-order valence-electron chi connectivity index (χ2n) is 5.00. The van der Waals surface area contributed by atoms with Gasteiger partial charge in [0.15, 0.2) is 0 Å². The van der Waals surface area contributed by atoms with E-state index in [4.69, 9.17) is 5.11 Å². The fraction of sp³-hybridized carbons (Fsp3) is 0.235. The summed E-state index contributed by atoms with van der Waals surface area (Å²) < 4.78 is 13.8. The fourth-order valence-corrected chi connectivity index (χ4v) is 2.19. The van der Waals surface area contributed by atoms with Crippen LogP contribution >= 0.6 is 0 Å². The molecule has 0 aliphatic carbocycles. The molecule has 0 saturated carbocycles. The Morgan fingerprint density at radius 1 is 1.19 bits per heavy atom. The van der Waals surface area contributed by atoms with Crippen molar-refractivity contribution in [3.63, 3.8) is 0 Å². The number of nitrogens with zero attached hydrogens (tertiary/aromatic N) is 1. The number of aryl methyl sites for hydroxylation is 1. The van der Waals surface area contributed by atoms with Crippen LogP contribution < -0.4 is 4.90 Å². The maximum Gasteiger partial charge on any atom is 0.305 e. The minimum atomic E-state index is -0.860. The van der Waals surface area contributed by atoms with Crippen molar-refractivity contribution in [2.24, 2.45) is 0 Å². The van der Waals surface area contributed by atoms with Crippen molar-refractivity contribution in [2.45, 2.75) is 19.9 Å². The van der Waals surface area contributed by atoms with Crippen LogP contribution in [0.15, 0.2) is 48.5 Å². The van der Waals surface area contributed by atoms with Crippen LogP contribution in [0.25, 0.3) is 0 Å². The predicted octanol–water partition coefficient (Wildman–Crippen LogP) is 3.62. The van der Waals surface area contributed by atoms with Crippen LogP contribution in [-0.4, -0.2) is 17.6 Å². The van der Waals surface area contributed by atoms with E-state index < -0.39 is 5.97 Å². The van der Waals surface area contributed by atoms with Gasteiger partial charge in [-0.25, -0.2) is 4.39 Å². The number of benzene rings is 2. The lowest BCUT2D eigenvalue weighted by atomic mass is 10.1. The summed E-state index contributed by atoms with van der Waals surface area (Å²) in [5.74, 6) is -1.13. The first-order valence-corrected chi connectivity index (χ1v) is 6.83. The highest BCUT2D eigenvalue weighted by Gasteiger charge is 2.12. The molecule has 0 radical (unpaired) electrons. The minimum absolute atomic E-state index is 0.0163. The van der Waals surface area contributed by atoms with Crippen molar-refractivity contribution >= 4 is 11.7 Å². The number of rotatable bonds is 6. The Morgan fingerprint density at radius 2 is 1.95 bits per heavy atom. The summed E-state index contributed by atoms with van der Waals surface area (Å²) in [6, 6.07) is 14.3. The number of anilines is 1. The molecule has 110 valence electrons. The first-order valence-electron chi connectivity index (χ1n) is 6.83. The lowest BCUT2D eigenvalue weighted by molar-refractivity contribution is -0.136. The van der Waals surface area contributed by atoms with Crippen molar-refractivity contribution < 1.29 is 14.3 Å². The Kier molecular flexibility index (Phi) is 4.93. The van der Waals surface area contributed by atoms with E-state index in [-0.39, 0.29) is 12.2 Å². The topological polar surface area (TPSA) is 40.5 Å². The SMILES string of the molecule is Cc1cccc(N(CCC(=O)O)Cc2ccccc2F)c1. The molecule has 0 fully saturated rings. The van der Waals surface area contributed by atoms with E-state index in [1.807, 2.05) is 36.1 Å². The van der Waals surface area contributed by atoms with Gasteiger partial charge in [-0.3, -0.25) is 4.79 Å². The number of halogens is 1. The average Bonchev–Trinajstić information content (AvgIpc) is 2.45. The Hall–Kier alpha value is -2.36. The first-order chi connectivity index (χ1) is 10.1. The van der Waals surface area contributed by atoms with Crippen molar-refractivity contribution in [2.75, 3.05) is 11.4 Å². The largest absolute Gasteiger partial charge is 0.481 e. The molecule has 2 aromatic carbocycles. The maximum absolute atomic E-state index is 13.8. The van der Waals surface area contributed by atoms with Gasteiger partial charge in [0.25, 0.3) is 0 Å². The quantitative estimate of drug-likeness (QED) is 0.882. The van der Waals surface area contributed by atoms with E-state index >= 15 is 0 Å². The molecule has 21 heavy (non-hydrogen) atoms. The normalized spacial score (nSPS) is 10.4. The molecule has 0 aliphatic rings. The molecule has 0 amide bonds. The van der Waals surface area contributed by atoms with Crippen LogP contribution in [0.5, 0.6) is 0 Å². The summed E-state index contributed by atoms with van der Waals surface area (Å²) in [7, 11) is 0. The lowest BCUT2D eigenvalue weighted by Crippen LogP contribution is -2.26. The smallest absolute Gasteiger partial charge is 0.305 e. The summed E-state index contributed by atoms with van der Waals surface area (Å²) in [6.45, 7) is 2.67. The van der Waals surface area contributed by atoms with Crippen LogP contribution in [0.2, 0.25) is 0 Å². The highest BCUT2D eigenvalue weighted by molar-refractivity contribution is 5.67. The van der Waals surface area contributed by atoms with E-state index in [9.17, 15) is 9.18 Å². The monoisotopic (exact) mass is 287 g/mol. The zero-order valence-corrected chi connectivity index (χ0v) is 11.9. The Bertz CT molecular complexity index is 628. The van der Waals surface area contributed by atoms with Crippen LogP contribution in [-0.2, 0) is 11.3 Å². The molecule has 2 rings (SSSR count). The first kappa shape index (κ1) is 15.0. The van der Waals surface area contributed by atoms with E-state index in [1.165, 1.54) is 6.07 Å². The van der Waals surface area contributed by atoms with Crippen LogP contribution in [0.4, 0.5) is 10.1 Å². The summed E-state index contributed by atoms with van der Waals surface area (Å²) in [6.07, 6.45) is 0.0163. The minimum Gasteiger partial charge on any atom is -0.481 e. The molecule has 0 saturated heterocycles. The Morgan fingerprint density at radius 3 is 2.62 bits per heavy atom. The van der Waals surface area contributed by atoms with Crippen LogP contribution in [0, 0.1) is 12.7 Å². The molecule has 0 aromatic heterocycles. The molecule has 3 nitrogen and oxygen atoms in total. The number of hydrogen-bond acceptors (Lipinski definition) is 2. The lowest BCUT2D eigenvalue weighted by Gasteiger charge is -2.25. The van der Waals surface area contributed by atoms with E-state index in [1.54, 1.807) is 18.2 Å². The van der Waals surface area contributed by atoms with Gasteiger partial charge in [0.05, 0.1) is 6.42 Å². The predicted molar refractivity (Wildman–Crippen MR) is 80.9 cm³/mol. The molecule has 0 heterocycles. The third-order valence-electron chi connectivity index (χ3n) is 3.28. The standard InChI is InChI=1S/C17H18FNO2/c1-13-5-4-7-15(11-13)19(10-9-17(20)21)12-14-6-2-3-8-16(14)18/h2-8,11H,9-10,12H2,1H3,(H,20,21). The number of aliphatic carboxylic acids is 1. The number of carboxylic acid groups (broad SMARTS) is 1.